The molecule has 0 saturated heterocycles. The first-order valence-electron chi connectivity index (χ1n) is 7.30. The number of nitrogens with two attached hydrogens (primary N) is 1. The van der Waals surface area contributed by atoms with Gasteiger partial charge >= 0.3 is 0 Å². The summed E-state index contributed by atoms with van der Waals surface area (Å²) in [5.41, 5.74) is 6.54. The molecule has 2 aliphatic carbocycles. The first-order chi connectivity index (χ1) is 9.70. The van der Waals surface area contributed by atoms with Gasteiger partial charge in [-0.1, -0.05) is 0 Å². The molecular formula is C16H18N2OS. The predicted octanol–water partition coefficient (Wildman–Crippen LogP) is 3.40. The number of carbonyl (C=O) groups excluding carboxylic acids is 1. The topological polar surface area (TPSA) is 55.1 Å². The Kier molecular flexibility index (Phi) is 2.74. The summed E-state index contributed by atoms with van der Waals surface area (Å²) < 4.78 is 1.12. The van der Waals surface area contributed by atoms with E-state index in [0.29, 0.717) is 6.04 Å². The molecular weight excluding hydrogens is 268 g/mol. The lowest BCUT2D eigenvalue weighted by Gasteiger charge is -2.16. The zero-order valence-electron chi connectivity index (χ0n) is 11.3. The minimum atomic E-state index is 0.0913. The molecule has 0 spiro atoms. The first kappa shape index (κ1) is 12.2. The van der Waals surface area contributed by atoms with E-state index in [2.05, 4.69) is 5.32 Å². The number of carbonyl (C=O) groups is 1. The lowest BCUT2D eigenvalue weighted by molar-refractivity contribution is 0.0930. The summed E-state index contributed by atoms with van der Waals surface area (Å²) in [4.78, 5) is 13.2. The Morgan fingerprint density at radius 2 is 1.90 bits per heavy atom. The van der Waals surface area contributed by atoms with E-state index in [9.17, 15) is 4.79 Å². The first-order valence-corrected chi connectivity index (χ1v) is 8.12. The van der Waals surface area contributed by atoms with Crippen LogP contribution in [0.2, 0.25) is 0 Å². The van der Waals surface area contributed by atoms with Gasteiger partial charge in [0.25, 0.3) is 5.91 Å². The fourth-order valence-electron chi connectivity index (χ4n) is 2.93. The number of nitrogen functional groups attached to an aromatic ring is 1. The number of anilines is 1. The van der Waals surface area contributed by atoms with Crippen molar-refractivity contribution in [3.63, 3.8) is 0 Å². The summed E-state index contributed by atoms with van der Waals surface area (Å²) >= 11 is 1.55. The predicted molar refractivity (Wildman–Crippen MR) is 82.9 cm³/mol. The molecule has 20 heavy (non-hydrogen) atoms. The molecule has 104 valence electrons. The maximum absolute atomic E-state index is 12.4. The van der Waals surface area contributed by atoms with E-state index in [-0.39, 0.29) is 5.91 Å². The van der Waals surface area contributed by atoms with Crippen LogP contribution in [0.15, 0.2) is 24.3 Å². The number of hydrogen-bond donors (Lipinski definition) is 2. The lowest BCUT2D eigenvalue weighted by Crippen LogP contribution is -2.37. The van der Waals surface area contributed by atoms with Gasteiger partial charge < -0.3 is 11.1 Å². The third-order valence-corrected chi connectivity index (χ3v) is 5.44. The SMILES string of the molecule is Nc1ccc2sc(C(=O)NC(C3CC3)C3CC3)cc2c1. The van der Waals surface area contributed by atoms with E-state index in [1.54, 1.807) is 11.3 Å². The van der Waals surface area contributed by atoms with Crippen LogP contribution in [0.3, 0.4) is 0 Å². The van der Waals surface area contributed by atoms with Crippen molar-refractivity contribution in [2.24, 2.45) is 11.8 Å². The highest BCUT2D eigenvalue weighted by atomic mass is 32.1. The van der Waals surface area contributed by atoms with E-state index in [1.165, 1.54) is 25.7 Å². The van der Waals surface area contributed by atoms with Crippen molar-refractivity contribution in [2.75, 3.05) is 5.73 Å². The average molecular weight is 286 g/mol. The largest absolute Gasteiger partial charge is 0.399 e. The highest BCUT2D eigenvalue weighted by molar-refractivity contribution is 7.20. The minimum Gasteiger partial charge on any atom is -0.399 e. The molecule has 2 aromatic rings. The van der Waals surface area contributed by atoms with Crippen molar-refractivity contribution in [2.45, 2.75) is 31.7 Å². The Hall–Kier alpha value is -1.55. The van der Waals surface area contributed by atoms with Gasteiger partial charge in [-0.3, -0.25) is 4.79 Å². The summed E-state index contributed by atoms with van der Waals surface area (Å²) in [6, 6.07) is 8.19. The van der Waals surface area contributed by atoms with Crippen LogP contribution >= 0.6 is 11.3 Å². The van der Waals surface area contributed by atoms with E-state index >= 15 is 0 Å². The van der Waals surface area contributed by atoms with Crippen LogP contribution in [-0.4, -0.2) is 11.9 Å². The summed E-state index contributed by atoms with van der Waals surface area (Å²) in [7, 11) is 0. The van der Waals surface area contributed by atoms with E-state index in [1.807, 2.05) is 24.3 Å². The van der Waals surface area contributed by atoms with Crippen molar-refractivity contribution in [3.8, 4) is 0 Å². The highest BCUT2D eigenvalue weighted by Gasteiger charge is 2.42. The Labute approximate surface area is 122 Å². The molecule has 0 aliphatic heterocycles. The molecule has 2 aliphatic rings. The van der Waals surface area contributed by atoms with Crippen LogP contribution in [0.1, 0.15) is 35.4 Å². The van der Waals surface area contributed by atoms with Crippen molar-refractivity contribution in [3.05, 3.63) is 29.1 Å². The summed E-state index contributed by atoms with van der Waals surface area (Å²) in [6.07, 6.45) is 5.13. The second-order valence-corrected chi connectivity index (χ2v) is 7.17. The molecule has 0 atom stereocenters. The Bertz CT molecular complexity index is 658. The molecule has 4 heteroatoms. The van der Waals surface area contributed by atoms with Crippen molar-refractivity contribution < 1.29 is 4.79 Å². The fraction of sp³-hybridized carbons (Fsp3) is 0.438. The molecule has 3 nitrogen and oxygen atoms in total. The van der Waals surface area contributed by atoms with Gasteiger partial charge in [0, 0.05) is 16.4 Å². The summed E-state index contributed by atoms with van der Waals surface area (Å²) in [6.45, 7) is 0. The minimum absolute atomic E-state index is 0.0913. The molecule has 0 bridgehead atoms. The molecule has 1 heterocycles. The maximum Gasteiger partial charge on any atom is 0.261 e. The quantitative estimate of drug-likeness (QED) is 0.846. The Morgan fingerprint density at radius 1 is 1.20 bits per heavy atom. The number of fused-ring (bicyclic) bond motifs is 1. The average Bonchev–Trinajstić information content (AvgIpc) is 3.32. The van der Waals surface area contributed by atoms with Gasteiger partial charge in [-0.15, -0.1) is 11.3 Å². The molecule has 2 saturated carbocycles. The molecule has 1 aromatic heterocycles. The third kappa shape index (κ3) is 2.29. The zero-order valence-corrected chi connectivity index (χ0v) is 12.1. The van der Waals surface area contributed by atoms with Crippen LogP contribution in [0.5, 0.6) is 0 Å². The van der Waals surface area contributed by atoms with Crippen molar-refractivity contribution >= 4 is 33.0 Å². The van der Waals surface area contributed by atoms with Crippen molar-refractivity contribution in [1.82, 2.24) is 5.32 Å². The van der Waals surface area contributed by atoms with Gasteiger partial charge in [-0.2, -0.15) is 0 Å². The van der Waals surface area contributed by atoms with Crippen LogP contribution in [0.25, 0.3) is 10.1 Å². The number of rotatable bonds is 4. The van der Waals surface area contributed by atoms with Gasteiger partial charge in [0.2, 0.25) is 0 Å². The van der Waals surface area contributed by atoms with E-state index in [4.69, 9.17) is 5.73 Å². The molecule has 4 rings (SSSR count). The monoisotopic (exact) mass is 286 g/mol. The maximum atomic E-state index is 12.4. The van der Waals surface area contributed by atoms with Crippen LogP contribution in [0.4, 0.5) is 5.69 Å². The number of nitrogens with one attached hydrogen (secondary N) is 1. The Balaban J connectivity index is 1.56. The highest BCUT2D eigenvalue weighted by Crippen LogP contribution is 2.44. The van der Waals surface area contributed by atoms with Gasteiger partial charge in [0.05, 0.1) is 4.88 Å². The third-order valence-electron chi connectivity index (χ3n) is 4.32. The van der Waals surface area contributed by atoms with Gasteiger partial charge in [-0.05, 0) is 67.2 Å². The number of benzene rings is 1. The molecule has 1 amide bonds. The smallest absolute Gasteiger partial charge is 0.261 e. The Morgan fingerprint density at radius 3 is 2.55 bits per heavy atom. The van der Waals surface area contributed by atoms with Gasteiger partial charge in [0.15, 0.2) is 0 Å². The molecule has 2 fully saturated rings. The second kappa shape index (κ2) is 4.48. The number of amides is 1. The molecule has 3 N–H and O–H groups in total. The molecule has 1 aromatic carbocycles. The normalized spacial score (nSPS) is 18.6. The fourth-order valence-corrected chi connectivity index (χ4v) is 3.87. The van der Waals surface area contributed by atoms with Crippen molar-refractivity contribution in [1.29, 1.82) is 0 Å². The van der Waals surface area contributed by atoms with Gasteiger partial charge in [0.1, 0.15) is 0 Å². The summed E-state index contributed by atoms with van der Waals surface area (Å²) in [5, 5.41) is 4.34. The van der Waals surface area contributed by atoms with Crippen LogP contribution < -0.4 is 11.1 Å². The standard InChI is InChI=1S/C16H18N2OS/c17-12-5-6-13-11(7-12)8-14(20-13)16(19)18-15(9-1-2-9)10-3-4-10/h5-10,15H,1-4,17H2,(H,18,19). The number of thiophene rings is 1. The van der Waals surface area contributed by atoms with E-state index < -0.39 is 0 Å². The molecule has 0 unspecified atom stereocenters. The zero-order chi connectivity index (χ0) is 13.7. The summed E-state index contributed by atoms with van der Waals surface area (Å²) in [5.74, 6) is 1.56. The molecule has 0 radical (unpaired) electrons. The number of hydrogen-bond acceptors (Lipinski definition) is 3. The van der Waals surface area contributed by atoms with Gasteiger partial charge in [-0.25, -0.2) is 0 Å². The van der Waals surface area contributed by atoms with Crippen LogP contribution in [0, 0.1) is 11.8 Å². The second-order valence-electron chi connectivity index (χ2n) is 6.08. The lowest BCUT2D eigenvalue weighted by atomic mass is 10.1. The van der Waals surface area contributed by atoms with E-state index in [0.717, 1.165) is 32.5 Å². The van der Waals surface area contributed by atoms with Crippen LogP contribution in [-0.2, 0) is 0 Å².